The lowest BCUT2D eigenvalue weighted by Gasteiger charge is -2.03. The Morgan fingerprint density at radius 1 is 1.18 bits per heavy atom. The van der Waals surface area contributed by atoms with Gasteiger partial charge in [-0.3, -0.25) is 14.6 Å². The van der Waals surface area contributed by atoms with Gasteiger partial charge in [0.2, 0.25) is 0 Å². The Morgan fingerprint density at radius 2 is 1.89 bits per heavy atom. The number of carbonyl (C=O) groups excluding carboxylic acids is 2. The lowest BCUT2D eigenvalue weighted by Crippen LogP contribution is -2.15. The molecule has 0 bridgehead atoms. The number of ether oxygens (including phenoxy) is 1. The second kappa shape index (κ2) is 8.29. The number of hydrogen-bond acceptors (Lipinski definition) is 6. The number of aryl methyl sites for hydroxylation is 2. The Balaban J connectivity index is 0.00000109. The Labute approximate surface area is 163 Å². The maximum absolute atomic E-state index is 12.2. The van der Waals surface area contributed by atoms with Crippen molar-refractivity contribution in [1.29, 1.82) is 0 Å². The number of ketones is 1. The van der Waals surface area contributed by atoms with Crippen molar-refractivity contribution in [3.05, 3.63) is 59.3 Å². The van der Waals surface area contributed by atoms with Crippen molar-refractivity contribution in [2.24, 2.45) is 5.92 Å². The molecule has 4 rings (SSSR count). The van der Waals surface area contributed by atoms with E-state index in [0.29, 0.717) is 23.5 Å². The SMILES string of the molecule is CC.Cc1ncc(C)n2nc(C3CC3C(=O)OCC(=O)c3ccccc3)nc12. The predicted octanol–water partition coefficient (Wildman–Crippen LogP) is 3.30. The summed E-state index contributed by atoms with van der Waals surface area (Å²) in [4.78, 5) is 33.1. The van der Waals surface area contributed by atoms with E-state index in [1.165, 1.54) is 0 Å². The third-order valence-corrected chi connectivity index (χ3v) is 4.59. The number of hydrogen-bond donors (Lipinski definition) is 0. The van der Waals surface area contributed by atoms with Crippen molar-refractivity contribution in [2.75, 3.05) is 6.61 Å². The summed E-state index contributed by atoms with van der Waals surface area (Å²) in [7, 11) is 0. The predicted molar refractivity (Wildman–Crippen MR) is 104 cm³/mol. The van der Waals surface area contributed by atoms with Gasteiger partial charge in [-0.05, 0) is 20.3 Å². The Kier molecular flexibility index (Phi) is 5.82. The lowest BCUT2D eigenvalue weighted by molar-refractivity contribution is -0.144. The summed E-state index contributed by atoms with van der Waals surface area (Å²) < 4.78 is 6.94. The minimum atomic E-state index is -0.371. The van der Waals surface area contributed by atoms with Gasteiger partial charge in [-0.1, -0.05) is 44.2 Å². The molecule has 7 heteroatoms. The minimum absolute atomic E-state index is 0.0620. The summed E-state index contributed by atoms with van der Waals surface area (Å²) in [5, 5.41) is 4.50. The molecule has 0 amide bonds. The van der Waals surface area contributed by atoms with Gasteiger partial charge in [-0.2, -0.15) is 5.10 Å². The summed E-state index contributed by atoms with van der Waals surface area (Å²) in [6.45, 7) is 7.54. The summed E-state index contributed by atoms with van der Waals surface area (Å²) in [6, 6.07) is 8.79. The van der Waals surface area contributed by atoms with E-state index in [0.717, 1.165) is 11.4 Å². The highest BCUT2D eigenvalue weighted by molar-refractivity contribution is 5.98. The topological polar surface area (TPSA) is 86.5 Å². The highest BCUT2D eigenvalue weighted by Gasteiger charge is 2.48. The molecule has 146 valence electrons. The summed E-state index contributed by atoms with van der Waals surface area (Å²) >= 11 is 0. The van der Waals surface area contributed by atoms with Crippen LogP contribution in [0.25, 0.3) is 5.65 Å². The maximum Gasteiger partial charge on any atom is 0.310 e. The Bertz CT molecular complexity index is 959. The van der Waals surface area contributed by atoms with Crippen molar-refractivity contribution in [3.8, 4) is 0 Å². The van der Waals surface area contributed by atoms with E-state index in [1.54, 1.807) is 35.0 Å². The number of Topliss-reactive ketones (excluding diaryl/α,β-unsaturated/α-hetero) is 1. The second-order valence-electron chi connectivity index (χ2n) is 6.54. The third kappa shape index (κ3) is 3.93. The minimum Gasteiger partial charge on any atom is -0.457 e. The molecule has 3 aromatic rings. The van der Waals surface area contributed by atoms with E-state index >= 15 is 0 Å². The molecule has 0 saturated heterocycles. The number of nitrogens with zero attached hydrogens (tertiary/aromatic N) is 4. The maximum atomic E-state index is 12.2. The van der Waals surface area contributed by atoms with Crippen LogP contribution < -0.4 is 0 Å². The molecule has 2 atom stereocenters. The van der Waals surface area contributed by atoms with Crippen LogP contribution >= 0.6 is 0 Å². The van der Waals surface area contributed by atoms with E-state index in [9.17, 15) is 9.59 Å². The van der Waals surface area contributed by atoms with Crippen LogP contribution in [-0.2, 0) is 9.53 Å². The smallest absolute Gasteiger partial charge is 0.310 e. The molecule has 2 heterocycles. The summed E-state index contributed by atoms with van der Waals surface area (Å²) in [6.07, 6.45) is 2.38. The molecule has 0 N–H and O–H groups in total. The first-order valence-electron chi connectivity index (χ1n) is 9.48. The van der Waals surface area contributed by atoms with Gasteiger partial charge in [0.05, 0.1) is 17.3 Å². The van der Waals surface area contributed by atoms with Crippen LogP contribution in [-0.4, -0.2) is 37.9 Å². The molecular formula is C21H24N4O3. The van der Waals surface area contributed by atoms with Crippen molar-refractivity contribution in [2.45, 2.75) is 40.0 Å². The average molecular weight is 380 g/mol. The lowest BCUT2D eigenvalue weighted by atomic mass is 10.1. The van der Waals surface area contributed by atoms with Crippen LogP contribution in [0.3, 0.4) is 0 Å². The molecule has 7 nitrogen and oxygen atoms in total. The van der Waals surface area contributed by atoms with Crippen molar-refractivity contribution < 1.29 is 14.3 Å². The largest absolute Gasteiger partial charge is 0.457 e. The van der Waals surface area contributed by atoms with E-state index in [-0.39, 0.29) is 30.2 Å². The number of carbonyl (C=O) groups is 2. The Hall–Kier alpha value is -3.09. The molecule has 28 heavy (non-hydrogen) atoms. The fourth-order valence-corrected chi connectivity index (χ4v) is 2.96. The average Bonchev–Trinajstić information content (AvgIpc) is 3.41. The first-order chi connectivity index (χ1) is 13.5. The first kappa shape index (κ1) is 19.7. The molecule has 1 aliphatic rings. The zero-order valence-corrected chi connectivity index (χ0v) is 16.5. The van der Waals surface area contributed by atoms with Crippen LogP contribution in [0.4, 0.5) is 0 Å². The molecular weight excluding hydrogens is 356 g/mol. The van der Waals surface area contributed by atoms with Crippen LogP contribution in [0.2, 0.25) is 0 Å². The molecule has 1 aromatic carbocycles. The van der Waals surface area contributed by atoms with Crippen LogP contribution in [0.15, 0.2) is 36.5 Å². The summed E-state index contributed by atoms with van der Waals surface area (Å²) in [5.41, 5.74) is 2.92. The van der Waals surface area contributed by atoms with E-state index in [1.807, 2.05) is 33.8 Å². The van der Waals surface area contributed by atoms with Crippen LogP contribution in [0.5, 0.6) is 0 Å². The highest BCUT2D eigenvalue weighted by Crippen LogP contribution is 2.47. The van der Waals surface area contributed by atoms with Gasteiger partial charge in [-0.25, -0.2) is 9.50 Å². The third-order valence-electron chi connectivity index (χ3n) is 4.59. The quantitative estimate of drug-likeness (QED) is 0.499. The van der Waals surface area contributed by atoms with E-state index in [2.05, 4.69) is 15.1 Å². The zero-order chi connectivity index (χ0) is 20.3. The van der Waals surface area contributed by atoms with Crippen molar-refractivity contribution in [3.63, 3.8) is 0 Å². The first-order valence-corrected chi connectivity index (χ1v) is 9.48. The molecule has 0 aliphatic heterocycles. The number of esters is 1. The number of fused-ring (bicyclic) bond motifs is 1. The van der Waals surface area contributed by atoms with Gasteiger partial charge in [0.1, 0.15) is 0 Å². The molecule has 0 radical (unpaired) electrons. The summed E-state index contributed by atoms with van der Waals surface area (Å²) in [5.74, 6) is -0.304. The monoisotopic (exact) mass is 380 g/mol. The van der Waals surface area contributed by atoms with E-state index in [4.69, 9.17) is 4.74 Å². The van der Waals surface area contributed by atoms with Gasteiger partial charge in [0.15, 0.2) is 23.9 Å². The highest BCUT2D eigenvalue weighted by atomic mass is 16.5. The molecule has 1 aliphatic carbocycles. The van der Waals surface area contributed by atoms with Crippen LogP contribution in [0, 0.1) is 19.8 Å². The standard InChI is InChI=1S/C19H18N4O3.C2H6/c1-11-9-20-12(2)18-21-17(22-23(11)18)14-8-15(14)19(25)26-10-16(24)13-6-4-3-5-7-13;1-2/h3-7,9,14-15H,8,10H2,1-2H3;1-2H3. The van der Waals surface area contributed by atoms with Crippen LogP contribution in [0.1, 0.15) is 53.8 Å². The fraction of sp³-hybridized carbons (Fsp3) is 0.381. The molecule has 0 spiro atoms. The van der Waals surface area contributed by atoms with Crippen molar-refractivity contribution >= 4 is 17.4 Å². The Morgan fingerprint density at radius 3 is 2.57 bits per heavy atom. The molecule has 2 unspecified atom stereocenters. The molecule has 1 saturated carbocycles. The fourth-order valence-electron chi connectivity index (χ4n) is 2.96. The second-order valence-corrected chi connectivity index (χ2v) is 6.54. The van der Waals surface area contributed by atoms with Gasteiger partial charge < -0.3 is 4.74 Å². The zero-order valence-electron chi connectivity index (χ0n) is 16.5. The van der Waals surface area contributed by atoms with Gasteiger partial charge >= 0.3 is 5.97 Å². The number of benzene rings is 1. The van der Waals surface area contributed by atoms with Gasteiger partial charge in [-0.15, -0.1) is 0 Å². The van der Waals surface area contributed by atoms with Gasteiger partial charge in [0.25, 0.3) is 0 Å². The molecule has 2 aromatic heterocycles. The number of aromatic nitrogens is 4. The van der Waals surface area contributed by atoms with E-state index < -0.39 is 0 Å². The van der Waals surface area contributed by atoms with Crippen molar-refractivity contribution in [1.82, 2.24) is 19.6 Å². The van der Waals surface area contributed by atoms with Gasteiger partial charge in [0, 0.05) is 17.7 Å². The molecule has 1 fully saturated rings. The number of rotatable bonds is 5. The normalized spacial score (nSPS) is 17.6.